The predicted octanol–water partition coefficient (Wildman–Crippen LogP) is 2.76. The van der Waals surface area contributed by atoms with E-state index >= 15 is 0 Å². The molecule has 0 saturated heterocycles. The first-order chi connectivity index (χ1) is 8.01. The summed E-state index contributed by atoms with van der Waals surface area (Å²) in [5.74, 6) is 1.04. The molecule has 1 rings (SSSR count). The van der Waals surface area contributed by atoms with Crippen molar-refractivity contribution in [3.8, 4) is 6.07 Å². The highest BCUT2D eigenvalue weighted by atomic mass is 32.2. The lowest BCUT2D eigenvalue weighted by Crippen LogP contribution is -2.31. The van der Waals surface area contributed by atoms with E-state index in [0.717, 1.165) is 22.8 Å². The second-order valence-electron chi connectivity index (χ2n) is 4.27. The third kappa shape index (κ3) is 3.13. The highest BCUT2D eigenvalue weighted by Gasteiger charge is 2.16. The Morgan fingerprint density at radius 3 is 2.71 bits per heavy atom. The lowest BCUT2D eigenvalue weighted by Gasteiger charge is -2.28. The Balaban J connectivity index is 3.16. The van der Waals surface area contributed by atoms with Gasteiger partial charge in [-0.05, 0) is 33.1 Å². The highest BCUT2D eigenvalue weighted by Crippen LogP contribution is 2.24. The molecule has 0 N–H and O–H groups in total. The van der Waals surface area contributed by atoms with Gasteiger partial charge in [-0.25, -0.2) is 0 Å². The molecule has 1 unspecified atom stereocenters. The maximum Gasteiger partial charge on any atom is 0.103 e. The number of aromatic nitrogens is 1. The van der Waals surface area contributed by atoms with Gasteiger partial charge in [0, 0.05) is 24.5 Å². The van der Waals surface area contributed by atoms with Gasteiger partial charge >= 0.3 is 0 Å². The number of nitriles is 1. The molecule has 0 spiro atoms. The molecular formula is C13H19N3S. The van der Waals surface area contributed by atoms with Gasteiger partial charge in [-0.2, -0.15) is 17.0 Å². The third-order valence-electron chi connectivity index (χ3n) is 2.87. The normalized spacial score (nSPS) is 12.0. The molecule has 0 saturated carbocycles. The largest absolute Gasteiger partial charge is 0.370 e. The Bertz CT molecular complexity index is 437. The van der Waals surface area contributed by atoms with Crippen LogP contribution in [-0.2, 0) is 0 Å². The minimum absolute atomic E-state index is 0.401. The zero-order valence-corrected chi connectivity index (χ0v) is 11.9. The van der Waals surface area contributed by atoms with Crippen LogP contribution in [0.25, 0.3) is 0 Å². The highest BCUT2D eigenvalue weighted by molar-refractivity contribution is 7.98. The molecule has 0 aromatic carbocycles. The van der Waals surface area contributed by atoms with Gasteiger partial charge in [0.25, 0.3) is 0 Å². The molecular weight excluding hydrogens is 230 g/mol. The van der Waals surface area contributed by atoms with Crippen molar-refractivity contribution in [2.24, 2.45) is 0 Å². The summed E-state index contributed by atoms with van der Waals surface area (Å²) in [6, 6.07) is 4.65. The van der Waals surface area contributed by atoms with Crippen LogP contribution in [0.3, 0.4) is 0 Å². The van der Waals surface area contributed by atoms with Crippen LogP contribution >= 0.6 is 11.8 Å². The Hall–Kier alpha value is -1.21. The van der Waals surface area contributed by atoms with Gasteiger partial charge in [-0.1, -0.05) is 0 Å². The number of rotatable bonds is 4. The number of thioether (sulfide) groups is 1. The number of anilines is 1. The number of aryl methyl sites for hydroxylation is 2. The van der Waals surface area contributed by atoms with Crippen molar-refractivity contribution in [3.05, 3.63) is 23.0 Å². The monoisotopic (exact) mass is 249 g/mol. The first kappa shape index (κ1) is 13.9. The summed E-state index contributed by atoms with van der Waals surface area (Å²) >= 11 is 1.81. The fourth-order valence-corrected chi connectivity index (χ4v) is 2.52. The third-order valence-corrected chi connectivity index (χ3v) is 3.68. The SMILES string of the molecule is CSCC(C)N(C)c1cc(C)nc(C)c1C#N. The summed E-state index contributed by atoms with van der Waals surface area (Å²) in [6.07, 6.45) is 2.10. The molecule has 92 valence electrons. The predicted molar refractivity (Wildman–Crippen MR) is 74.7 cm³/mol. The second kappa shape index (κ2) is 5.92. The molecule has 17 heavy (non-hydrogen) atoms. The fourth-order valence-electron chi connectivity index (χ4n) is 1.81. The number of pyridine rings is 1. The molecule has 0 aliphatic rings. The van der Waals surface area contributed by atoms with Crippen LogP contribution in [0.1, 0.15) is 23.9 Å². The van der Waals surface area contributed by atoms with Gasteiger partial charge < -0.3 is 4.90 Å². The zero-order chi connectivity index (χ0) is 13.0. The smallest absolute Gasteiger partial charge is 0.103 e. The molecule has 3 nitrogen and oxygen atoms in total. The molecule has 0 aliphatic heterocycles. The van der Waals surface area contributed by atoms with E-state index in [-0.39, 0.29) is 0 Å². The van der Waals surface area contributed by atoms with Gasteiger partial charge in [0.2, 0.25) is 0 Å². The van der Waals surface area contributed by atoms with Crippen LogP contribution in [0.5, 0.6) is 0 Å². The van der Waals surface area contributed by atoms with Gasteiger partial charge in [0.15, 0.2) is 0 Å². The van der Waals surface area contributed by atoms with Gasteiger partial charge in [0.1, 0.15) is 6.07 Å². The molecule has 0 radical (unpaired) electrons. The molecule has 0 fully saturated rings. The van der Waals surface area contributed by atoms with Gasteiger partial charge in [-0.15, -0.1) is 0 Å². The Kier molecular flexibility index (Phi) is 4.83. The van der Waals surface area contributed by atoms with Crippen LogP contribution in [0.4, 0.5) is 5.69 Å². The molecule has 1 atom stereocenters. The molecule has 0 bridgehead atoms. The first-order valence-electron chi connectivity index (χ1n) is 5.61. The van der Waals surface area contributed by atoms with Crippen LogP contribution in [0.15, 0.2) is 6.07 Å². The van der Waals surface area contributed by atoms with E-state index in [0.29, 0.717) is 11.6 Å². The van der Waals surface area contributed by atoms with Crippen molar-refractivity contribution in [1.82, 2.24) is 4.98 Å². The van der Waals surface area contributed by atoms with Crippen molar-refractivity contribution in [2.45, 2.75) is 26.8 Å². The first-order valence-corrected chi connectivity index (χ1v) is 7.00. The van der Waals surface area contributed by atoms with E-state index in [1.807, 2.05) is 38.7 Å². The maximum absolute atomic E-state index is 9.23. The quantitative estimate of drug-likeness (QED) is 0.822. The Labute approximate surface area is 108 Å². The van der Waals surface area contributed by atoms with Crippen LogP contribution in [0, 0.1) is 25.2 Å². The molecule has 4 heteroatoms. The molecule has 0 aliphatic carbocycles. The van der Waals surface area contributed by atoms with Crippen LogP contribution in [-0.4, -0.2) is 30.1 Å². The van der Waals surface area contributed by atoms with Gasteiger partial charge in [0.05, 0.1) is 16.9 Å². The average molecular weight is 249 g/mol. The fraction of sp³-hybridized carbons (Fsp3) is 0.538. The van der Waals surface area contributed by atoms with E-state index in [9.17, 15) is 5.26 Å². The average Bonchev–Trinajstić information content (AvgIpc) is 2.27. The lowest BCUT2D eigenvalue weighted by molar-refractivity contribution is 0.762. The summed E-state index contributed by atoms with van der Waals surface area (Å²) in [7, 11) is 2.04. The maximum atomic E-state index is 9.23. The second-order valence-corrected chi connectivity index (χ2v) is 5.18. The Morgan fingerprint density at radius 2 is 2.18 bits per heavy atom. The number of hydrogen-bond donors (Lipinski definition) is 0. The summed E-state index contributed by atoms with van der Waals surface area (Å²) in [6.45, 7) is 6.02. The van der Waals surface area contributed by atoms with E-state index in [1.54, 1.807) is 0 Å². The molecule has 1 heterocycles. The van der Waals surface area contributed by atoms with Crippen molar-refractivity contribution < 1.29 is 0 Å². The van der Waals surface area contributed by atoms with Gasteiger partial charge in [-0.3, -0.25) is 4.98 Å². The number of hydrogen-bond acceptors (Lipinski definition) is 4. The zero-order valence-electron chi connectivity index (χ0n) is 11.1. The van der Waals surface area contributed by atoms with Crippen molar-refractivity contribution in [2.75, 3.05) is 24.0 Å². The van der Waals surface area contributed by atoms with E-state index in [1.165, 1.54) is 0 Å². The molecule has 1 aromatic heterocycles. The minimum Gasteiger partial charge on any atom is -0.370 e. The summed E-state index contributed by atoms with van der Waals surface area (Å²) in [4.78, 5) is 6.50. The van der Waals surface area contributed by atoms with E-state index in [4.69, 9.17) is 0 Å². The van der Waals surface area contributed by atoms with Crippen LogP contribution < -0.4 is 4.90 Å². The van der Waals surface area contributed by atoms with E-state index in [2.05, 4.69) is 29.1 Å². The standard InChI is InChI=1S/C13H19N3S/c1-9-6-13(12(7-14)11(3)15-9)16(4)10(2)8-17-5/h6,10H,8H2,1-5H3. The van der Waals surface area contributed by atoms with Crippen molar-refractivity contribution in [3.63, 3.8) is 0 Å². The van der Waals surface area contributed by atoms with E-state index < -0.39 is 0 Å². The summed E-state index contributed by atoms with van der Waals surface area (Å²) in [5.41, 5.74) is 3.44. The summed E-state index contributed by atoms with van der Waals surface area (Å²) in [5, 5.41) is 9.23. The molecule has 0 amide bonds. The van der Waals surface area contributed by atoms with Crippen molar-refractivity contribution in [1.29, 1.82) is 5.26 Å². The topological polar surface area (TPSA) is 39.9 Å². The Morgan fingerprint density at radius 1 is 1.53 bits per heavy atom. The summed E-state index contributed by atoms with van der Waals surface area (Å²) < 4.78 is 0. The lowest BCUT2D eigenvalue weighted by atomic mass is 10.1. The molecule has 1 aromatic rings. The number of nitrogens with zero attached hydrogens (tertiary/aromatic N) is 3. The minimum atomic E-state index is 0.401. The van der Waals surface area contributed by atoms with Crippen LogP contribution in [0.2, 0.25) is 0 Å². The van der Waals surface area contributed by atoms with Crippen molar-refractivity contribution >= 4 is 17.4 Å².